The van der Waals surface area contributed by atoms with E-state index in [0.29, 0.717) is 45.0 Å². The van der Waals surface area contributed by atoms with Crippen molar-refractivity contribution < 1.29 is 19.1 Å². The molecule has 0 saturated carbocycles. The standard InChI is InChI=1S/C25H25N5O4/c1-25(2,3)34-24(33)29-15-7-4-6-14(12-15)20(19-8-5-11-27-19)21-17-13-16(28-23(26)32)9-10-18(17)30-22(21)31/h4-13,27H,1-3H3,(H,29,33)(H,30,31)(H3,26,28,32)/b21-20+. The molecular weight excluding hydrogens is 434 g/mol. The van der Waals surface area contributed by atoms with E-state index in [-0.39, 0.29) is 5.91 Å². The van der Waals surface area contributed by atoms with Crippen molar-refractivity contribution in [2.45, 2.75) is 26.4 Å². The molecule has 3 aromatic rings. The van der Waals surface area contributed by atoms with Crippen LogP contribution in [0.2, 0.25) is 0 Å². The van der Waals surface area contributed by atoms with Gasteiger partial charge in [-0.15, -0.1) is 0 Å². The lowest BCUT2D eigenvalue weighted by molar-refractivity contribution is -0.110. The highest BCUT2D eigenvalue weighted by molar-refractivity contribution is 6.38. The van der Waals surface area contributed by atoms with Crippen molar-refractivity contribution in [2.75, 3.05) is 16.0 Å². The summed E-state index contributed by atoms with van der Waals surface area (Å²) in [7, 11) is 0. The summed E-state index contributed by atoms with van der Waals surface area (Å²) in [5.74, 6) is -0.290. The SMILES string of the molecule is CC(C)(C)OC(=O)Nc1cccc(/C(=C2\C(=O)Nc3ccc(NC(N)=O)cc32)c2ccc[nH]2)c1. The zero-order valence-corrected chi connectivity index (χ0v) is 19.0. The van der Waals surface area contributed by atoms with Crippen LogP contribution in [0, 0.1) is 0 Å². The molecule has 9 heteroatoms. The van der Waals surface area contributed by atoms with Gasteiger partial charge in [-0.25, -0.2) is 9.59 Å². The molecule has 0 atom stereocenters. The minimum absolute atomic E-state index is 0.290. The molecule has 2 aromatic carbocycles. The number of H-pyrrole nitrogens is 1. The Morgan fingerprint density at radius 2 is 1.74 bits per heavy atom. The Kier molecular flexibility index (Phi) is 5.85. The topological polar surface area (TPSA) is 138 Å². The van der Waals surface area contributed by atoms with Crippen LogP contribution in [0.1, 0.15) is 37.6 Å². The van der Waals surface area contributed by atoms with Crippen molar-refractivity contribution in [1.82, 2.24) is 4.98 Å². The van der Waals surface area contributed by atoms with Gasteiger partial charge in [0, 0.05) is 40.1 Å². The van der Waals surface area contributed by atoms with E-state index in [1.807, 2.05) is 18.2 Å². The molecule has 2 heterocycles. The van der Waals surface area contributed by atoms with Crippen LogP contribution in [0.25, 0.3) is 11.1 Å². The molecule has 4 rings (SSSR count). The van der Waals surface area contributed by atoms with Crippen molar-refractivity contribution in [3.8, 4) is 0 Å². The third kappa shape index (κ3) is 4.93. The Balaban J connectivity index is 1.82. The van der Waals surface area contributed by atoms with E-state index in [9.17, 15) is 14.4 Å². The third-order valence-electron chi connectivity index (χ3n) is 4.95. The Morgan fingerprint density at radius 1 is 0.971 bits per heavy atom. The summed E-state index contributed by atoms with van der Waals surface area (Å²) in [6, 6.07) is 15.2. The van der Waals surface area contributed by atoms with E-state index < -0.39 is 17.7 Å². The highest BCUT2D eigenvalue weighted by atomic mass is 16.6. The van der Waals surface area contributed by atoms with Crippen LogP contribution in [0.3, 0.4) is 0 Å². The zero-order chi connectivity index (χ0) is 24.5. The number of hydrogen-bond acceptors (Lipinski definition) is 4. The van der Waals surface area contributed by atoms with E-state index in [4.69, 9.17) is 10.5 Å². The number of carbonyl (C=O) groups is 3. The molecule has 0 aliphatic carbocycles. The van der Waals surface area contributed by atoms with Crippen LogP contribution in [0.5, 0.6) is 0 Å². The van der Waals surface area contributed by atoms with Gasteiger partial charge in [-0.3, -0.25) is 10.1 Å². The molecule has 0 bridgehead atoms. The van der Waals surface area contributed by atoms with E-state index in [1.54, 1.807) is 63.4 Å². The summed E-state index contributed by atoms with van der Waals surface area (Å²) >= 11 is 0. The third-order valence-corrected chi connectivity index (χ3v) is 4.95. The van der Waals surface area contributed by atoms with Crippen molar-refractivity contribution in [1.29, 1.82) is 0 Å². The maximum Gasteiger partial charge on any atom is 0.412 e. The van der Waals surface area contributed by atoms with E-state index >= 15 is 0 Å². The number of ether oxygens (including phenoxy) is 1. The van der Waals surface area contributed by atoms with Gasteiger partial charge in [0.2, 0.25) is 0 Å². The molecule has 0 unspecified atom stereocenters. The zero-order valence-electron chi connectivity index (χ0n) is 19.0. The first-order chi connectivity index (χ1) is 16.1. The summed E-state index contributed by atoms with van der Waals surface area (Å²) in [6.45, 7) is 5.36. The van der Waals surface area contributed by atoms with Gasteiger partial charge < -0.3 is 26.1 Å². The lowest BCUT2D eigenvalue weighted by Gasteiger charge is -2.20. The number of nitrogens with one attached hydrogen (secondary N) is 4. The van der Waals surface area contributed by atoms with Gasteiger partial charge in [0.25, 0.3) is 5.91 Å². The molecule has 0 spiro atoms. The Hall–Kier alpha value is -4.53. The molecule has 6 N–H and O–H groups in total. The number of amides is 4. The summed E-state index contributed by atoms with van der Waals surface area (Å²) in [5, 5.41) is 8.14. The largest absolute Gasteiger partial charge is 0.444 e. The van der Waals surface area contributed by atoms with Gasteiger partial charge in [-0.2, -0.15) is 0 Å². The van der Waals surface area contributed by atoms with Crippen LogP contribution in [0.4, 0.5) is 26.7 Å². The second-order valence-electron chi connectivity index (χ2n) is 8.75. The number of primary amides is 1. The van der Waals surface area contributed by atoms with Crippen LogP contribution < -0.4 is 21.7 Å². The number of rotatable bonds is 4. The minimum atomic E-state index is -0.701. The molecule has 0 saturated heterocycles. The van der Waals surface area contributed by atoms with Gasteiger partial charge in [0.1, 0.15) is 5.60 Å². The lowest BCUT2D eigenvalue weighted by Crippen LogP contribution is -2.27. The summed E-state index contributed by atoms with van der Waals surface area (Å²) < 4.78 is 5.35. The molecule has 34 heavy (non-hydrogen) atoms. The second kappa shape index (κ2) is 8.78. The van der Waals surface area contributed by atoms with Gasteiger partial charge in [0.15, 0.2) is 0 Å². The molecule has 0 radical (unpaired) electrons. The quantitative estimate of drug-likeness (QED) is 0.359. The number of aromatic amines is 1. The summed E-state index contributed by atoms with van der Waals surface area (Å²) in [4.78, 5) is 39.9. The first-order valence-electron chi connectivity index (χ1n) is 10.6. The number of fused-ring (bicyclic) bond motifs is 1. The summed E-state index contributed by atoms with van der Waals surface area (Å²) in [6.07, 6.45) is 1.18. The number of nitrogens with two attached hydrogens (primary N) is 1. The average Bonchev–Trinajstić information content (AvgIpc) is 3.35. The normalized spacial score (nSPS) is 14.1. The molecule has 9 nitrogen and oxygen atoms in total. The van der Waals surface area contributed by atoms with Crippen molar-refractivity contribution in [3.63, 3.8) is 0 Å². The molecule has 0 fully saturated rings. The number of benzene rings is 2. The summed E-state index contributed by atoms with van der Waals surface area (Å²) in [5.41, 5.74) is 9.28. The van der Waals surface area contributed by atoms with Crippen LogP contribution in [0.15, 0.2) is 60.8 Å². The predicted molar refractivity (Wildman–Crippen MR) is 131 cm³/mol. The van der Waals surface area contributed by atoms with Gasteiger partial charge in [-0.1, -0.05) is 12.1 Å². The monoisotopic (exact) mass is 459 g/mol. The van der Waals surface area contributed by atoms with Crippen LogP contribution in [-0.2, 0) is 9.53 Å². The molecule has 4 amide bonds. The maximum absolute atomic E-state index is 13.1. The minimum Gasteiger partial charge on any atom is -0.444 e. The number of anilines is 3. The fraction of sp³-hybridized carbons (Fsp3) is 0.160. The Labute approximate surface area is 196 Å². The molecule has 1 aromatic heterocycles. The highest BCUT2D eigenvalue weighted by Gasteiger charge is 2.29. The molecule has 1 aliphatic heterocycles. The first kappa shape index (κ1) is 22.7. The second-order valence-corrected chi connectivity index (χ2v) is 8.75. The van der Waals surface area contributed by atoms with Gasteiger partial charge >= 0.3 is 12.1 Å². The fourth-order valence-corrected chi connectivity index (χ4v) is 3.73. The molecule has 174 valence electrons. The highest BCUT2D eigenvalue weighted by Crippen LogP contribution is 2.41. The van der Waals surface area contributed by atoms with Crippen molar-refractivity contribution in [3.05, 3.63) is 77.6 Å². The number of aromatic nitrogens is 1. The van der Waals surface area contributed by atoms with E-state index in [1.165, 1.54) is 0 Å². The van der Waals surface area contributed by atoms with Gasteiger partial charge in [-0.05, 0) is 68.8 Å². The van der Waals surface area contributed by atoms with Crippen LogP contribution >= 0.6 is 0 Å². The maximum atomic E-state index is 13.1. The fourth-order valence-electron chi connectivity index (χ4n) is 3.73. The first-order valence-corrected chi connectivity index (χ1v) is 10.6. The average molecular weight is 460 g/mol. The smallest absolute Gasteiger partial charge is 0.412 e. The van der Waals surface area contributed by atoms with Crippen molar-refractivity contribution >= 4 is 46.2 Å². The number of carbonyl (C=O) groups excluding carboxylic acids is 3. The van der Waals surface area contributed by atoms with Gasteiger partial charge in [0.05, 0.1) is 5.57 Å². The van der Waals surface area contributed by atoms with Crippen LogP contribution in [-0.4, -0.2) is 28.6 Å². The Morgan fingerprint density at radius 3 is 2.41 bits per heavy atom. The van der Waals surface area contributed by atoms with Crippen molar-refractivity contribution in [2.24, 2.45) is 5.73 Å². The lowest BCUT2D eigenvalue weighted by atomic mass is 9.92. The Bertz CT molecular complexity index is 1300. The van der Waals surface area contributed by atoms with E-state index in [2.05, 4.69) is 20.9 Å². The predicted octanol–water partition coefficient (Wildman–Crippen LogP) is 4.76. The molecular formula is C25H25N5O4. The van der Waals surface area contributed by atoms with E-state index in [0.717, 1.165) is 0 Å². The number of urea groups is 1. The molecule has 1 aliphatic rings. The number of hydrogen-bond donors (Lipinski definition) is 5.